The molecule has 0 fully saturated rings. The van der Waals surface area contributed by atoms with Crippen molar-refractivity contribution in [2.24, 2.45) is 0 Å². The Hall–Kier alpha value is -2.45. The zero-order valence-corrected chi connectivity index (χ0v) is 13.8. The second-order valence-corrected chi connectivity index (χ2v) is 6.62. The molecule has 128 valence electrons. The highest BCUT2D eigenvalue weighted by Crippen LogP contribution is 2.24. The first-order chi connectivity index (χ1) is 11.4. The van der Waals surface area contributed by atoms with Crippen molar-refractivity contribution in [2.75, 3.05) is 19.0 Å². The van der Waals surface area contributed by atoms with Gasteiger partial charge in [0, 0.05) is 19.0 Å². The van der Waals surface area contributed by atoms with Gasteiger partial charge >= 0.3 is 0 Å². The SMILES string of the molecule is COc1cc(F)ccc1NC(=O)CCNS(=O)(=O)c1ccccc1. The van der Waals surface area contributed by atoms with Gasteiger partial charge in [-0.05, 0) is 24.3 Å². The van der Waals surface area contributed by atoms with Crippen LogP contribution in [-0.4, -0.2) is 28.0 Å². The molecule has 0 aliphatic heterocycles. The fourth-order valence-electron chi connectivity index (χ4n) is 1.96. The number of carbonyl (C=O) groups is 1. The van der Waals surface area contributed by atoms with Gasteiger partial charge in [0.05, 0.1) is 17.7 Å². The van der Waals surface area contributed by atoms with Gasteiger partial charge in [0.15, 0.2) is 0 Å². The predicted octanol–water partition coefficient (Wildman–Crippen LogP) is 2.14. The van der Waals surface area contributed by atoms with Crippen molar-refractivity contribution >= 4 is 21.6 Å². The van der Waals surface area contributed by atoms with E-state index in [0.717, 1.165) is 6.07 Å². The number of amides is 1. The first-order valence-corrected chi connectivity index (χ1v) is 8.59. The van der Waals surface area contributed by atoms with E-state index in [1.165, 1.54) is 31.4 Å². The summed E-state index contributed by atoms with van der Waals surface area (Å²) in [6, 6.07) is 11.6. The number of sulfonamides is 1. The molecule has 0 atom stereocenters. The summed E-state index contributed by atoms with van der Waals surface area (Å²) in [7, 11) is -2.29. The summed E-state index contributed by atoms with van der Waals surface area (Å²) in [5, 5.41) is 2.55. The fraction of sp³-hybridized carbons (Fsp3) is 0.188. The molecule has 0 unspecified atom stereocenters. The number of benzene rings is 2. The van der Waals surface area contributed by atoms with Gasteiger partial charge in [0.1, 0.15) is 11.6 Å². The van der Waals surface area contributed by atoms with E-state index in [2.05, 4.69) is 10.0 Å². The molecule has 8 heteroatoms. The third-order valence-corrected chi connectivity index (χ3v) is 4.61. The van der Waals surface area contributed by atoms with Crippen molar-refractivity contribution in [1.29, 1.82) is 0 Å². The number of hydrogen-bond donors (Lipinski definition) is 2. The third kappa shape index (κ3) is 4.77. The van der Waals surface area contributed by atoms with Crippen LogP contribution in [0.3, 0.4) is 0 Å². The van der Waals surface area contributed by atoms with Crippen LogP contribution in [0.15, 0.2) is 53.4 Å². The van der Waals surface area contributed by atoms with Crippen LogP contribution in [0.2, 0.25) is 0 Å². The first-order valence-electron chi connectivity index (χ1n) is 7.10. The lowest BCUT2D eigenvalue weighted by atomic mass is 10.2. The van der Waals surface area contributed by atoms with E-state index in [0.29, 0.717) is 5.69 Å². The number of anilines is 1. The van der Waals surface area contributed by atoms with Crippen molar-refractivity contribution in [2.45, 2.75) is 11.3 Å². The lowest BCUT2D eigenvalue weighted by molar-refractivity contribution is -0.116. The summed E-state index contributed by atoms with van der Waals surface area (Å²) < 4.78 is 44.4. The number of halogens is 1. The van der Waals surface area contributed by atoms with Crippen LogP contribution in [0.5, 0.6) is 5.75 Å². The van der Waals surface area contributed by atoms with E-state index in [1.807, 2.05) is 0 Å². The molecule has 1 amide bonds. The van der Waals surface area contributed by atoms with Crippen LogP contribution in [0.4, 0.5) is 10.1 Å². The number of carbonyl (C=O) groups excluding carboxylic acids is 1. The minimum Gasteiger partial charge on any atom is -0.494 e. The van der Waals surface area contributed by atoms with Crippen LogP contribution in [0, 0.1) is 5.82 Å². The average molecular weight is 352 g/mol. The molecule has 0 aromatic heterocycles. The highest BCUT2D eigenvalue weighted by molar-refractivity contribution is 7.89. The van der Waals surface area contributed by atoms with E-state index in [-0.39, 0.29) is 23.6 Å². The largest absolute Gasteiger partial charge is 0.494 e. The maximum atomic E-state index is 13.1. The Morgan fingerprint density at radius 1 is 1.17 bits per heavy atom. The minimum atomic E-state index is -3.65. The van der Waals surface area contributed by atoms with Crippen molar-refractivity contribution in [3.05, 3.63) is 54.3 Å². The number of ether oxygens (including phenoxy) is 1. The zero-order chi connectivity index (χ0) is 17.6. The molecule has 2 N–H and O–H groups in total. The summed E-state index contributed by atoms with van der Waals surface area (Å²) in [6.07, 6.45) is -0.0768. The number of hydrogen-bond acceptors (Lipinski definition) is 4. The van der Waals surface area contributed by atoms with E-state index < -0.39 is 21.7 Å². The van der Waals surface area contributed by atoms with Gasteiger partial charge in [-0.15, -0.1) is 0 Å². The van der Waals surface area contributed by atoms with Gasteiger partial charge in [0.2, 0.25) is 15.9 Å². The molecule has 0 spiro atoms. The van der Waals surface area contributed by atoms with Crippen LogP contribution < -0.4 is 14.8 Å². The lowest BCUT2D eigenvalue weighted by Crippen LogP contribution is -2.27. The van der Waals surface area contributed by atoms with E-state index >= 15 is 0 Å². The van der Waals surface area contributed by atoms with Crippen molar-refractivity contribution < 1.29 is 22.3 Å². The van der Waals surface area contributed by atoms with Crippen LogP contribution in [0.1, 0.15) is 6.42 Å². The average Bonchev–Trinajstić information content (AvgIpc) is 2.57. The third-order valence-electron chi connectivity index (χ3n) is 3.14. The predicted molar refractivity (Wildman–Crippen MR) is 87.8 cm³/mol. The van der Waals surface area contributed by atoms with Crippen molar-refractivity contribution in [1.82, 2.24) is 4.72 Å². The monoisotopic (exact) mass is 352 g/mol. The highest BCUT2D eigenvalue weighted by atomic mass is 32.2. The van der Waals surface area contributed by atoms with Gasteiger partial charge in [-0.25, -0.2) is 17.5 Å². The molecule has 2 rings (SSSR count). The molecular weight excluding hydrogens is 335 g/mol. The van der Waals surface area contributed by atoms with Crippen LogP contribution in [-0.2, 0) is 14.8 Å². The standard InChI is InChI=1S/C16H17FN2O4S/c1-23-15-11-12(17)7-8-14(15)19-16(20)9-10-18-24(21,22)13-5-3-2-4-6-13/h2-8,11,18H,9-10H2,1H3,(H,19,20). The second-order valence-electron chi connectivity index (χ2n) is 4.85. The summed E-state index contributed by atoms with van der Waals surface area (Å²) in [4.78, 5) is 12.0. The summed E-state index contributed by atoms with van der Waals surface area (Å²) in [5.41, 5.74) is 0.315. The second kappa shape index (κ2) is 7.89. The summed E-state index contributed by atoms with van der Waals surface area (Å²) in [6.45, 7) is -0.0629. The Balaban J connectivity index is 1.90. The summed E-state index contributed by atoms with van der Waals surface area (Å²) in [5.74, 6) is -0.718. The van der Waals surface area contributed by atoms with E-state index in [1.54, 1.807) is 18.2 Å². The highest BCUT2D eigenvalue weighted by Gasteiger charge is 2.14. The molecular formula is C16H17FN2O4S. The maximum Gasteiger partial charge on any atom is 0.240 e. The number of rotatable bonds is 7. The fourth-order valence-corrected chi connectivity index (χ4v) is 3.02. The van der Waals surface area contributed by atoms with E-state index in [4.69, 9.17) is 4.74 Å². The quantitative estimate of drug-likeness (QED) is 0.800. The Morgan fingerprint density at radius 3 is 2.54 bits per heavy atom. The van der Waals surface area contributed by atoms with Crippen LogP contribution >= 0.6 is 0 Å². The molecule has 6 nitrogen and oxygen atoms in total. The molecule has 2 aromatic rings. The molecule has 0 heterocycles. The van der Waals surface area contributed by atoms with Crippen LogP contribution in [0.25, 0.3) is 0 Å². The Bertz CT molecular complexity index is 810. The van der Waals surface area contributed by atoms with Gasteiger partial charge in [0.25, 0.3) is 0 Å². The molecule has 2 aromatic carbocycles. The Morgan fingerprint density at radius 2 is 1.88 bits per heavy atom. The molecule has 0 saturated heterocycles. The molecule has 24 heavy (non-hydrogen) atoms. The number of methoxy groups -OCH3 is 1. The van der Waals surface area contributed by atoms with E-state index in [9.17, 15) is 17.6 Å². The van der Waals surface area contributed by atoms with Gasteiger partial charge in [-0.3, -0.25) is 4.79 Å². The molecule has 0 bridgehead atoms. The molecule has 0 saturated carbocycles. The minimum absolute atomic E-state index is 0.0629. The maximum absolute atomic E-state index is 13.1. The number of nitrogens with one attached hydrogen (secondary N) is 2. The molecule has 0 aliphatic carbocycles. The van der Waals surface area contributed by atoms with Crippen molar-refractivity contribution in [3.63, 3.8) is 0 Å². The topological polar surface area (TPSA) is 84.5 Å². The Kier molecular flexibility index (Phi) is 5.88. The lowest BCUT2D eigenvalue weighted by Gasteiger charge is -2.10. The summed E-state index contributed by atoms with van der Waals surface area (Å²) >= 11 is 0. The first kappa shape index (κ1) is 17.9. The smallest absolute Gasteiger partial charge is 0.240 e. The zero-order valence-electron chi connectivity index (χ0n) is 13.0. The Labute approximate surface area is 139 Å². The molecule has 0 radical (unpaired) electrons. The normalized spacial score (nSPS) is 11.1. The van der Waals surface area contributed by atoms with Gasteiger partial charge < -0.3 is 10.1 Å². The van der Waals surface area contributed by atoms with Crippen molar-refractivity contribution in [3.8, 4) is 5.75 Å². The van der Waals surface area contributed by atoms with Gasteiger partial charge in [-0.1, -0.05) is 18.2 Å². The van der Waals surface area contributed by atoms with Gasteiger partial charge in [-0.2, -0.15) is 0 Å². The molecule has 0 aliphatic rings.